The maximum atomic E-state index is 5.75. The Morgan fingerprint density at radius 2 is 1.74 bits per heavy atom. The Morgan fingerprint density at radius 1 is 1.16 bits per heavy atom. The Balaban J connectivity index is 2.93. The van der Waals surface area contributed by atoms with Gasteiger partial charge in [0.1, 0.15) is 0 Å². The van der Waals surface area contributed by atoms with Gasteiger partial charge >= 0.3 is 0 Å². The van der Waals surface area contributed by atoms with Crippen LogP contribution < -0.4 is 11.3 Å². The van der Waals surface area contributed by atoms with Crippen molar-refractivity contribution in [1.29, 1.82) is 0 Å². The molecule has 3 nitrogen and oxygen atoms in total. The molecule has 1 aromatic rings. The first-order valence-electron chi connectivity index (χ1n) is 7.12. The zero-order chi connectivity index (χ0) is 14.5. The van der Waals surface area contributed by atoms with Crippen LogP contribution in [0.2, 0.25) is 0 Å². The highest BCUT2D eigenvalue weighted by Crippen LogP contribution is 2.26. The van der Waals surface area contributed by atoms with Gasteiger partial charge in [0.2, 0.25) is 0 Å². The fourth-order valence-electron chi connectivity index (χ4n) is 2.27. The summed E-state index contributed by atoms with van der Waals surface area (Å²) in [6.45, 7) is 11.5. The van der Waals surface area contributed by atoms with Crippen molar-refractivity contribution in [2.45, 2.75) is 58.6 Å². The lowest BCUT2D eigenvalue weighted by atomic mass is 9.86. The Morgan fingerprint density at radius 3 is 2.11 bits per heavy atom. The standard InChI is InChI=1S/C16H28N2O/c1-6-14(19-7-2)15(18-17)12-8-10-13(11-9-12)16(3,4)5/h8-11,14-15,18H,6-7,17H2,1-5H3. The van der Waals surface area contributed by atoms with Crippen molar-refractivity contribution in [1.82, 2.24) is 5.43 Å². The molecule has 0 saturated heterocycles. The van der Waals surface area contributed by atoms with Gasteiger partial charge in [-0.25, -0.2) is 0 Å². The Hall–Kier alpha value is -0.900. The number of benzene rings is 1. The van der Waals surface area contributed by atoms with Crippen molar-refractivity contribution < 1.29 is 4.74 Å². The van der Waals surface area contributed by atoms with E-state index in [0.717, 1.165) is 6.42 Å². The molecule has 1 aromatic carbocycles. The number of ether oxygens (including phenoxy) is 1. The minimum Gasteiger partial charge on any atom is -0.376 e. The summed E-state index contributed by atoms with van der Waals surface area (Å²) in [6.07, 6.45) is 1.04. The lowest BCUT2D eigenvalue weighted by Crippen LogP contribution is -2.37. The topological polar surface area (TPSA) is 47.3 Å². The summed E-state index contributed by atoms with van der Waals surface area (Å²) in [5.74, 6) is 5.71. The molecule has 0 aliphatic carbocycles. The summed E-state index contributed by atoms with van der Waals surface area (Å²) in [4.78, 5) is 0. The summed E-state index contributed by atoms with van der Waals surface area (Å²) >= 11 is 0. The van der Waals surface area contributed by atoms with Gasteiger partial charge in [0, 0.05) is 6.61 Å². The van der Waals surface area contributed by atoms with Crippen molar-refractivity contribution in [2.24, 2.45) is 5.84 Å². The zero-order valence-corrected chi connectivity index (χ0v) is 12.9. The first-order valence-corrected chi connectivity index (χ1v) is 7.12. The van der Waals surface area contributed by atoms with Crippen molar-refractivity contribution in [3.63, 3.8) is 0 Å². The van der Waals surface area contributed by atoms with E-state index in [-0.39, 0.29) is 17.6 Å². The molecule has 108 valence electrons. The maximum Gasteiger partial charge on any atom is 0.0779 e. The summed E-state index contributed by atoms with van der Waals surface area (Å²) in [5.41, 5.74) is 5.57. The Labute approximate surface area is 117 Å². The lowest BCUT2D eigenvalue weighted by molar-refractivity contribution is 0.0314. The van der Waals surface area contributed by atoms with E-state index in [1.54, 1.807) is 0 Å². The van der Waals surface area contributed by atoms with Gasteiger partial charge in [0.05, 0.1) is 12.1 Å². The second-order valence-corrected chi connectivity index (χ2v) is 5.92. The molecule has 0 radical (unpaired) electrons. The van der Waals surface area contributed by atoms with Crippen LogP contribution in [0.3, 0.4) is 0 Å². The summed E-state index contributed by atoms with van der Waals surface area (Å²) in [7, 11) is 0. The normalized spacial score (nSPS) is 15.3. The molecule has 0 aromatic heterocycles. The van der Waals surface area contributed by atoms with Gasteiger partial charge in [-0.05, 0) is 29.9 Å². The third-order valence-electron chi connectivity index (χ3n) is 3.47. The second kappa shape index (κ2) is 7.04. The van der Waals surface area contributed by atoms with Crippen LogP contribution in [0.1, 0.15) is 58.2 Å². The van der Waals surface area contributed by atoms with E-state index in [4.69, 9.17) is 10.6 Å². The molecule has 0 amide bonds. The Bertz CT molecular complexity index is 367. The van der Waals surface area contributed by atoms with Crippen LogP contribution in [0.4, 0.5) is 0 Å². The lowest BCUT2D eigenvalue weighted by Gasteiger charge is -2.27. The monoisotopic (exact) mass is 264 g/mol. The average molecular weight is 264 g/mol. The van der Waals surface area contributed by atoms with Gasteiger partial charge in [0.15, 0.2) is 0 Å². The summed E-state index contributed by atoms with van der Waals surface area (Å²) < 4.78 is 5.75. The van der Waals surface area contributed by atoms with Crippen LogP contribution in [0.5, 0.6) is 0 Å². The highest BCUT2D eigenvalue weighted by Gasteiger charge is 2.21. The third kappa shape index (κ3) is 4.30. The molecule has 1 rings (SSSR count). The van der Waals surface area contributed by atoms with Crippen LogP contribution in [0.25, 0.3) is 0 Å². The number of hydrazine groups is 1. The minimum atomic E-state index is 0.0407. The molecule has 0 saturated carbocycles. The molecule has 2 unspecified atom stereocenters. The van der Waals surface area contributed by atoms with Gasteiger partial charge in [-0.15, -0.1) is 0 Å². The van der Waals surface area contributed by atoms with E-state index in [1.165, 1.54) is 11.1 Å². The van der Waals surface area contributed by atoms with E-state index in [2.05, 4.69) is 57.4 Å². The highest BCUT2D eigenvalue weighted by molar-refractivity contribution is 5.29. The average Bonchev–Trinajstić information content (AvgIpc) is 2.38. The number of nitrogens with one attached hydrogen (secondary N) is 1. The Kier molecular flexibility index (Phi) is 5.98. The quantitative estimate of drug-likeness (QED) is 0.612. The molecule has 0 aliphatic rings. The number of nitrogens with two attached hydrogens (primary N) is 1. The van der Waals surface area contributed by atoms with Crippen LogP contribution in [0.15, 0.2) is 24.3 Å². The van der Waals surface area contributed by atoms with Gasteiger partial charge < -0.3 is 4.74 Å². The van der Waals surface area contributed by atoms with Crippen LogP contribution >= 0.6 is 0 Å². The molecule has 0 heterocycles. The molecule has 0 aliphatic heterocycles. The molecule has 3 N–H and O–H groups in total. The van der Waals surface area contributed by atoms with Crippen LogP contribution in [0, 0.1) is 0 Å². The maximum absolute atomic E-state index is 5.75. The van der Waals surface area contributed by atoms with E-state index in [9.17, 15) is 0 Å². The van der Waals surface area contributed by atoms with Gasteiger partial charge in [-0.3, -0.25) is 11.3 Å². The molecular weight excluding hydrogens is 236 g/mol. The molecular formula is C16H28N2O. The smallest absolute Gasteiger partial charge is 0.0779 e. The first kappa shape index (κ1) is 16.2. The van der Waals surface area contributed by atoms with Gasteiger partial charge in [0.25, 0.3) is 0 Å². The van der Waals surface area contributed by atoms with E-state index in [1.807, 2.05) is 6.92 Å². The van der Waals surface area contributed by atoms with Crippen molar-refractivity contribution in [3.8, 4) is 0 Å². The van der Waals surface area contributed by atoms with Crippen molar-refractivity contribution >= 4 is 0 Å². The van der Waals surface area contributed by atoms with E-state index in [0.29, 0.717) is 6.61 Å². The van der Waals surface area contributed by atoms with Gasteiger partial charge in [-0.1, -0.05) is 52.0 Å². The summed E-state index contributed by atoms with van der Waals surface area (Å²) in [6, 6.07) is 8.69. The zero-order valence-electron chi connectivity index (χ0n) is 12.9. The predicted molar refractivity (Wildman–Crippen MR) is 80.9 cm³/mol. The largest absolute Gasteiger partial charge is 0.376 e. The molecule has 0 spiro atoms. The molecule has 3 heteroatoms. The minimum absolute atomic E-state index is 0.0407. The van der Waals surface area contributed by atoms with Crippen molar-refractivity contribution in [3.05, 3.63) is 35.4 Å². The van der Waals surface area contributed by atoms with Crippen LogP contribution in [-0.2, 0) is 10.2 Å². The molecule has 0 fully saturated rings. The van der Waals surface area contributed by atoms with Crippen molar-refractivity contribution in [2.75, 3.05) is 6.61 Å². The SMILES string of the molecule is CCOC(CC)C(NN)c1ccc(C(C)(C)C)cc1. The molecule has 2 atom stereocenters. The van der Waals surface area contributed by atoms with E-state index < -0.39 is 0 Å². The summed E-state index contributed by atoms with van der Waals surface area (Å²) in [5, 5.41) is 0. The number of rotatable bonds is 6. The first-order chi connectivity index (χ1) is 8.93. The van der Waals surface area contributed by atoms with E-state index >= 15 is 0 Å². The third-order valence-corrected chi connectivity index (χ3v) is 3.47. The van der Waals surface area contributed by atoms with Gasteiger partial charge in [-0.2, -0.15) is 0 Å². The molecule has 19 heavy (non-hydrogen) atoms. The highest BCUT2D eigenvalue weighted by atomic mass is 16.5. The fraction of sp³-hybridized carbons (Fsp3) is 0.625. The predicted octanol–water partition coefficient (Wildman–Crippen LogP) is 3.30. The molecule has 0 bridgehead atoms. The number of hydrogen-bond donors (Lipinski definition) is 2. The van der Waals surface area contributed by atoms with Crippen LogP contribution in [-0.4, -0.2) is 12.7 Å². The number of hydrogen-bond acceptors (Lipinski definition) is 3. The second-order valence-electron chi connectivity index (χ2n) is 5.92. The fourth-order valence-corrected chi connectivity index (χ4v) is 2.27.